The molecule has 3 rings (SSSR count). The van der Waals surface area contributed by atoms with Crippen molar-refractivity contribution in [3.05, 3.63) is 59.7 Å². The van der Waals surface area contributed by atoms with E-state index >= 15 is 0 Å². The number of ether oxygens (including phenoxy) is 2. The van der Waals surface area contributed by atoms with Gasteiger partial charge < -0.3 is 14.8 Å². The zero-order valence-electron chi connectivity index (χ0n) is 12.0. The molecule has 1 aliphatic heterocycles. The van der Waals surface area contributed by atoms with Gasteiger partial charge in [0.2, 0.25) is 0 Å². The molecule has 1 aliphatic rings. The molecule has 0 bridgehead atoms. The SMILES string of the molecule is COc1ccccc1COc1ccc(C2=NCCN2)cc1. The summed E-state index contributed by atoms with van der Waals surface area (Å²) < 4.78 is 11.1. The highest BCUT2D eigenvalue weighted by molar-refractivity contribution is 5.99. The van der Waals surface area contributed by atoms with E-state index in [1.54, 1.807) is 7.11 Å². The summed E-state index contributed by atoms with van der Waals surface area (Å²) >= 11 is 0. The Labute approximate surface area is 124 Å². The minimum atomic E-state index is 0.489. The van der Waals surface area contributed by atoms with Gasteiger partial charge >= 0.3 is 0 Å². The van der Waals surface area contributed by atoms with Crippen LogP contribution in [0, 0.1) is 0 Å². The monoisotopic (exact) mass is 282 g/mol. The lowest BCUT2D eigenvalue weighted by Gasteiger charge is -2.10. The molecule has 1 N–H and O–H groups in total. The van der Waals surface area contributed by atoms with Crippen molar-refractivity contribution in [2.75, 3.05) is 20.2 Å². The van der Waals surface area contributed by atoms with Crippen LogP contribution in [0.25, 0.3) is 0 Å². The van der Waals surface area contributed by atoms with Crippen molar-refractivity contribution in [2.45, 2.75) is 6.61 Å². The van der Waals surface area contributed by atoms with Gasteiger partial charge in [-0.2, -0.15) is 0 Å². The highest BCUT2D eigenvalue weighted by Gasteiger charge is 2.08. The first-order valence-electron chi connectivity index (χ1n) is 7.00. The van der Waals surface area contributed by atoms with Crippen LogP contribution in [0.3, 0.4) is 0 Å². The van der Waals surface area contributed by atoms with Gasteiger partial charge in [0.15, 0.2) is 0 Å². The smallest absolute Gasteiger partial charge is 0.128 e. The van der Waals surface area contributed by atoms with Crippen LogP contribution in [-0.4, -0.2) is 26.0 Å². The molecule has 0 fully saturated rings. The molecule has 0 saturated heterocycles. The quantitative estimate of drug-likeness (QED) is 0.916. The van der Waals surface area contributed by atoms with Crippen molar-refractivity contribution >= 4 is 5.84 Å². The maximum absolute atomic E-state index is 5.81. The van der Waals surface area contributed by atoms with E-state index in [-0.39, 0.29) is 0 Å². The third-order valence-electron chi connectivity index (χ3n) is 3.39. The highest BCUT2D eigenvalue weighted by Crippen LogP contribution is 2.20. The first-order chi connectivity index (χ1) is 10.4. The molecule has 0 amide bonds. The van der Waals surface area contributed by atoms with Gasteiger partial charge in [0.25, 0.3) is 0 Å². The third-order valence-corrected chi connectivity index (χ3v) is 3.39. The number of nitrogens with zero attached hydrogens (tertiary/aromatic N) is 1. The Morgan fingerprint density at radius 3 is 2.62 bits per heavy atom. The van der Waals surface area contributed by atoms with Gasteiger partial charge in [-0.05, 0) is 30.3 Å². The number of rotatable bonds is 5. The van der Waals surface area contributed by atoms with Crippen molar-refractivity contribution in [1.82, 2.24) is 5.32 Å². The predicted octanol–water partition coefficient (Wildman–Crippen LogP) is 2.62. The Hall–Kier alpha value is -2.49. The van der Waals surface area contributed by atoms with Crippen LogP contribution in [0.4, 0.5) is 0 Å². The van der Waals surface area contributed by atoms with Crippen molar-refractivity contribution in [1.29, 1.82) is 0 Å². The van der Waals surface area contributed by atoms with Crippen LogP contribution in [0.15, 0.2) is 53.5 Å². The lowest BCUT2D eigenvalue weighted by atomic mass is 10.2. The van der Waals surface area contributed by atoms with Crippen LogP contribution < -0.4 is 14.8 Å². The van der Waals surface area contributed by atoms with Crippen LogP contribution in [0.1, 0.15) is 11.1 Å². The third kappa shape index (κ3) is 3.16. The van der Waals surface area contributed by atoms with E-state index in [2.05, 4.69) is 10.3 Å². The van der Waals surface area contributed by atoms with Crippen LogP contribution in [-0.2, 0) is 6.61 Å². The molecular formula is C17H18N2O2. The second-order valence-corrected chi connectivity index (χ2v) is 4.78. The molecule has 0 spiro atoms. The lowest BCUT2D eigenvalue weighted by Crippen LogP contribution is -2.19. The Bertz CT molecular complexity index is 635. The van der Waals surface area contributed by atoms with E-state index in [1.807, 2.05) is 48.5 Å². The molecule has 2 aromatic rings. The lowest BCUT2D eigenvalue weighted by molar-refractivity contribution is 0.296. The van der Waals surface area contributed by atoms with Gasteiger partial charge in [0.1, 0.15) is 23.9 Å². The first-order valence-corrected chi connectivity index (χ1v) is 7.00. The van der Waals surface area contributed by atoms with Crippen LogP contribution in [0.2, 0.25) is 0 Å². The molecule has 0 aliphatic carbocycles. The van der Waals surface area contributed by atoms with E-state index in [1.165, 1.54) is 0 Å². The Kier molecular flexibility index (Phi) is 4.05. The van der Waals surface area contributed by atoms with Gasteiger partial charge in [-0.15, -0.1) is 0 Å². The van der Waals surface area contributed by atoms with Gasteiger partial charge in [0.05, 0.1) is 13.7 Å². The zero-order valence-corrected chi connectivity index (χ0v) is 12.0. The average molecular weight is 282 g/mol. The number of amidine groups is 1. The molecule has 0 saturated carbocycles. The van der Waals surface area contributed by atoms with E-state index in [9.17, 15) is 0 Å². The fourth-order valence-corrected chi connectivity index (χ4v) is 2.28. The van der Waals surface area contributed by atoms with Crippen molar-refractivity contribution in [3.8, 4) is 11.5 Å². The Morgan fingerprint density at radius 1 is 1.10 bits per heavy atom. The molecule has 4 nitrogen and oxygen atoms in total. The highest BCUT2D eigenvalue weighted by atomic mass is 16.5. The molecule has 108 valence electrons. The number of aliphatic imine (C=N–C) groups is 1. The number of hydrogen-bond acceptors (Lipinski definition) is 4. The zero-order chi connectivity index (χ0) is 14.5. The second kappa shape index (κ2) is 6.31. The van der Waals surface area contributed by atoms with E-state index in [0.29, 0.717) is 6.61 Å². The fourth-order valence-electron chi connectivity index (χ4n) is 2.28. The number of methoxy groups -OCH3 is 1. The summed E-state index contributed by atoms with van der Waals surface area (Å²) in [7, 11) is 1.67. The average Bonchev–Trinajstić information content (AvgIpc) is 3.08. The Balaban J connectivity index is 1.65. The fraction of sp³-hybridized carbons (Fsp3) is 0.235. The van der Waals surface area contributed by atoms with Crippen LogP contribution >= 0.6 is 0 Å². The molecule has 0 radical (unpaired) electrons. The summed E-state index contributed by atoms with van der Waals surface area (Å²) in [6.45, 7) is 2.26. The van der Waals surface area contributed by atoms with Crippen molar-refractivity contribution in [2.24, 2.45) is 4.99 Å². The van der Waals surface area contributed by atoms with Gasteiger partial charge in [-0.1, -0.05) is 18.2 Å². The standard InChI is InChI=1S/C17H18N2O2/c1-20-16-5-3-2-4-14(16)12-21-15-8-6-13(7-9-15)17-18-10-11-19-17/h2-9H,10-12H2,1H3,(H,18,19). The predicted molar refractivity (Wildman–Crippen MR) is 83.2 cm³/mol. The van der Waals surface area contributed by atoms with Crippen LogP contribution in [0.5, 0.6) is 11.5 Å². The normalized spacial score (nSPS) is 13.5. The maximum Gasteiger partial charge on any atom is 0.128 e. The van der Waals surface area contributed by atoms with Gasteiger partial charge in [-0.25, -0.2) is 0 Å². The minimum Gasteiger partial charge on any atom is -0.496 e. The summed E-state index contributed by atoms with van der Waals surface area (Å²) in [6.07, 6.45) is 0. The molecule has 0 aromatic heterocycles. The molecule has 2 aromatic carbocycles. The van der Waals surface area contributed by atoms with Gasteiger partial charge in [0, 0.05) is 17.7 Å². The second-order valence-electron chi connectivity index (χ2n) is 4.78. The Morgan fingerprint density at radius 2 is 1.90 bits per heavy atom. The molecule has 0 unspecified atom stereocenters. The molecule has 0 atom stereocenters. The minimum absolute atomic E-state index is 0.489. The van der Waals surface area contributed by atoms with E-state index in [0.717, 1.165) is 41.6 Å². The molecule has 4 heteroatoms. The summed E-state index contributed by atoms with van der Waals surface area (Å²) in [5, 5.41) is 3.26. The summed E-state index contributed by atoms with van der Waals surface area (Å²) in [6, 6.07) is 15.8. The maximum atomic E-state index is 5.81. The molecule has 1 heterocycles. The summed E-state index contributed by atoms with van der Waals surface area (Å²) in [5.74, 6) is 2.65. The molecular weight excluding hydrogens is 264 g/mol. The number of para-hydroxylation sites is 1. The van der Waals surface area contributed by atoms with Gasteiger partial charge in [-0.3, -0.25) is 4.99 Å². The largest absolute Gasteiger partial charge is 0.496 e. The van der Waals surface area contributed by atoms with E-state index in [4.69, 9.17) is 9.47 Å². The molecule has 21 heavy (non-hydrogen) atoms. The first kappa shape index (κ1) is 13.5. The van der Waals surface area contributed by atoms with E-state index < -0.39 is 0 Å². The number of hydrogen-bond donors (Lipinski definition) is 1. The van der Waals surface area contributed by atoms with Crippen molar-refractivity contribution < 1.29 is 9.47 Å². The number of benzene rings is 2. The number of nitrogens with one attached hydrogen (secondary N) is 1. The summed E-state index contributed by atoms with van der Waals surface area (Å²) in [4.78, 5) is 4.40. The topological polar surface area (TPSA) is 42.9 Å². The van der Waals surface area contributed by atoms with Crippen molar-refractivity contribution in [3.63, 3.8) is 0 Å². The summed E-state index contributed by atoms with van der Waals surface area (Å²) in [5.41, 5.74) is 2.13.